The molecule has 27 heavy (non-hydrogen) atoms. The molecular weight excluding hydrogens is 368 g/mol. The maximum absolute atomic E-state index is 13.1. The van der Waals surface area contributed by atoms with Crippen molar-refractivity contribution in [2.24, 2.45) is 7.05 Å². The molecule has 0 spiro atoms. The predicted octanol–water partition coefficient (Wildman–Crippen LogP) is 1.74. The maximum Gasteiger partial charge on any atom is 0.345 e. The van der Waals surface area contributed by atoms with Gasteiger partial charge in [-0.15, -0.1) is 0 Å². The van der Waals surface area contributed by atoms with E-state index in [1.54, 1.807) is 29.8 Å². The zero-order valence-corrected chi connectivity index (χ0v) is 16.9. The minimum Gasteiger partial charge on any atom is -0.497 e. The zero-order valence-electron chi connectivity index (χ0n) is 16.1. The number of hydrogen-bond donors (Lipinski definition) is 0. The molecule has 1 saturated heterocycles. The van der Waals surface area contributed by atoms with Crippen LogP contribution in [-0.2, 0) is 17.1 Å². The van der Waals surface area contributed by atoms with Crippen molar-refractivity contribution in [1.82, 2.24) is 18.7 Å². The Bertz CT molecular complexity index is 977. The second-order valence-electron chi connectivity index (χ2n) is 7.11. The predicted molar refractivity (Wildman–Crippen MR) is 102 cm³/mol. The van der Waals surface area contributed by atoms with E-state index in [1.807, 2.05) is 13.8 Å². The van der Waals surface area contributed by atoms with Crippen LogP contribution in [0.3, 0.4) is 0 Å². The number of methoxy groups -OCH3 is 1. The smallest absolute Gasteiger partial charge is 0.345 e. The molecule has 0 amide bonds. The topological polar surface area (TPSA) is 86.4 Å². The second-order valence-corrected chi connectivity index (χ2v) is 9.05. The molecule has 0 N–H and O–H groups in total. The van der Waals surface area contributed by atoms with Crippen molar-refractivity contribution in [3.05, 3.63) is 40.6 Å². The normalized spacial score (nSPS) is 18.8. The van der Waals surface area contributed by atoms with Gasteiger partial charge >= 0.3 is 5.69 Å². The summed E-state index contributed by atoms with van der Waals surface area (Å²) in [5.41, 5.74) is -0.173. The molecule has 0 bridgehead atoms. The molecule has 9 heteroatoms. The third kappa shape index (κ3) is 3.66. The highest BCUT2D eigenvalue weighted by molar-refractivity contribution is 7.89. The lowest BCUT2D eigenvalue weighted by atomic mass is 9.98. The summed E-state index contributed by atoms with van der Waals surface area (Å²) < 4.78 is 35.8. The number of nitrogens with zero attached hydrogens (tertiary/aromatic N) is 4. The van der Waals surface area contributed by atoms with E-state index in [2.05, 4.69) is 5.10 Å². The molecule has 148 valence electrons. The molecule has 1 aromatic carbocycles. The first-order chi connectivity index (χ1) is 12.8. The third-order valence-electron chi connectivity index (χ3n) is 4.93. The van der Waals surface area contributed by atoms with Crippen molar-refractivity contribution in [1.29, 1.82) is 0 Å². The van der Waals surface area contributed by atoms with Gasteiger partial charge in [0, 0.05) is 38.2 Å². The van der Waals surface area contributed by atoms with Gasteiger partial charge in [0.05, 0.1) is 12.0 Å². The first-order valence-corrected chi connectivity index (χ1v) is 10.5. The Morgan fingerprint density at radius 3 is 2.70 bits per heavy atom. The molecule has 1 unspecified atom stereocenters. The standard InChI is InChI=1S/C18H26N4O4S/c1-13(2)22-17(19-20(3)18(22)23)14-7-6-10-21(12-14)27(24,25)16-9-5-8-15(11-16)26-4/h5,8-9,11,13-14H,6-7,10,12H2,1-4H3. The van der Waals surface area contributed by atoms with Gasteiger partial charge in [-0.3, -0.25) is 4.57 Å². The highest BCUT2D eigenvalue weighted by atomic mass is 32.2. The lowest BCUT2D eigenvalue weighted by Crippen LogP contribution is -2.40. The van der Waals surface area contributed by atoms with Crippen molar-refractivity contribution in [3.63, 3.8) is 0 Å². The Hall–Kier alpha value is -2.13. The van der Waals surface area contributed by atoms with Crippen molar-refractivity contribution >= 4 is 10.0 Å². The molecule has 0 radical (unpaired) electrons. The fourth-order valence-corrected chi connectivity index (χ4v) is 5.10. The number of piperidine rings is 1. The van der Waals surface area contributed by atoms with Crippen molar-refractivity contribution in [2.45, 2.75) is 43.5 Å². The SMILES string of the molecule is COc1cccc(S(=O)(=O)N2CCCC(c3nn(C)c(=O)n3C(C)C)C2)c1. The number of sulfonamides is 1. The van der Waals surface area contributed by atoms with Gasteiger partial charge in [-0.1, -0.05) is 6.07 Å². The summed E-state index contributed by atoms with van der Waals surface area (Å²) in [5.74, 6) is 1.04. The van der Waals surface area contributed by atoms with Gasteiger partial charge in [-0.2, -0.15) is 9.40 Å². The molecule has 1 aromatic heterocycles. The Morgan fingerprint density at radius 1 is 1.30 bits per heavy atom. The third-order valence-corrected chi connectivity index (χ3v) is 6.79. The second kappa shape index (κ2) is 7.47. The van der Waals surface area contributed by atoms with Gasteiger partial charge in [0.25, 0.3) is 0 Å². The number of rotatable bonds is 5. The molecule has 2 aromatic rings. The van der Waals surface area contributed by atoms with E-state index in [0.29, 0.717) is 24.7 Å². The first-order valence-electron chi connectivity index (χ1n) is 9.05. The van der Waals surface area contributed by atoms with E-state index in [4.69, 9.17) is 4.74 Å². The Labute approximate surface area is 159 Å². The van der Waals surface area contributed by atoms with Crippen molar-refractivity contribution < 1.29 is 13.2 Å². The quantitative estimate of drug-likeness (QED) is 0.771. The lowest BCUT2D eigenvalue weighted by molar-refractivity contribution is 0.301. The molecule has 2 heterocycles. The van der Waals surface area contributed by atoms with Gasteiger partial charge < -0.3 is 4.74 Å². The van der Waals surface area contributed by atoms with Crippen molar-refractivity contribution in [3.8, 4) is 5.75 Å². The monoisotopic (exact) mass is 394 g/mol. The maximum atomic E-state index is 13.1. The molecule has 1 aliphatic heterocycles. The van der Waals surface area contributed by atoms with Crippen LogP contribution in [-0.4, -0.2) is 47.3 Å². The van der Waals surface area contributed by atoms with Crippen molar-refractivity contribution in [2.75, 3.05) is 20.2 Å². The molecular formula is C18H26N4O4S. The molecule has 3 rings (SSSR count). The van der Waals surface area contributed by atoms with Gasteiger partial charge in [-0.25, -0.2) is 17.9 Å². The van der Waals surface area contributed by atoms with Crippen LogP contribution in [0, 0.1) is 0 Å². The lowest BCUT2D eigenvalue weighted by Gasteiger charge is -2.31. The number of aromatic nitrogens is 3. The summed E-state index contributed by atoms with van der Waals surface area (Å²) in [7, 11) is -0.508. The van der Waals surface area contributed by atoms with Crippen LogP contribution in [0.1, 0.15) is 44.5 Å². The summed E-state index contributed by atoms with van der Waals surface area (Å²) in [6.07, 6.45) is 1.52. The molecule has 1 atom stereocenters. The van der Waals surface area contributed by atoms with E-state index >= 15 is 0 Å². The minimum absolute atomic E-state index is 0.0356. The van der Waals surface area contributed by atoms with Crippen LogP contribution in [0.15, 0.2) is 34.0 Å². The molecule has 1 fully saturated rings. The van der Waals surface area contributed by atoms with Crippen LogP contribution in [0.2, 0.25) is 0 Å². The molecule has 8 nitrogen and oxygen atoms in total. The van der Waals surface area contributed by atoms with E-state index in [-0.39, 0.29) is 22.5 Å². The van der Waals surface area contributed by atoms with Crippen LogP contribution in [0.5, 0.6) is 5.75 Å². The largest absolute Gasteiger partial charge is 0.497 e. The van der Waals surface area contributed by atoms with E-state index < -0.39 is 10.0 Å². The fourth-order valence-electron chi connectivity index (χ4n) is 3.54. The van der Waals surface area contributed by atoms with Gasteiger partial charge in [0.15, 0.2) is 0 Å². The van der Waals surface area contributed by atoms with Gasteiger partial charge in [-0.05, 0) is 38.8 Å². The molecule has 0 aliphatic carbocycles. The summed E-state index contributed by atoms with van der Waals surface area (Å²) >= 11 is 0. The van der Waals surface area contributed by atoms with Gasteiger partial charge in [0.2, 0.25) is 10.0 Å². The Kier molecular flexibility index (Phi) is 5.43. The number of ether oxygens (including phenoxy) is 1. The fraction of sp³-hybridized carbons (Fsp3) is 0.556. The Morgan fingerprint density at radius 2 is 2.04 bits per heavy atom. The first kappa shape index (κ1) is 19.6. The number of hydrogen-bond acceptors (Lipinski definition) is 5. The van der Waals surface area contributed by atoms with Crippen LogP contribution < -0.4 is 10.4 Å². The van der Waals surface area contributed by atoms with Crippen LogP contribution >= 0.6 is 0 Å². The summed E-state index contributed by atoms with van der Waals surface area (Å²) in [4.78, 5) is 12.6. The Balaban J connectivity index is 1.93. The zero-order chi connectivity index (χ0) is 19.8. The van der Waals surface area contributed by atoms with Crippen LogP contribution in [0.25, 0.3) is 0 Å². The van der Waals surface area contributed by atoms with E-state index in [0.717, 1.165) is 12.8 Å². The molecule has 1 aliphatic rings. The van der Waals surface area contributed by atoms with Crippen LogP contribution in [0.4, 0.5) is 0 Å². The van der Waals surface area contributed by atoms with E-state index in [9.17, 15) is 13.2 Å². The summed E-state index contributed by atoms with van der Waals surface area (Å²) in [6, 6.07) is 6.46. The molecule has 0 saturated carbocycles. The average Bonchev–Trinajstić information content (AvgIpc) is 2.97. The average molecular weight is 394 g/mol. The number of aryl methyl sites for hydroxylation is 1. The highest BCUT2D eigenvalue weighted by Gasteiger charge is 2.34. The summed E-state index contributed by atoms with van der Waals surface area (Å²) in [5, 5.41) is 4.40. The van der Waals surface area contributed by atoms with E-state index in [1.165, 1.54) is 22.2 Å². The number of benzene rings is 1. The summed E-state index contributed by atoms with van der Waals surface area (Å²) in [6.45, 7) is 4.62. The van der Waals surface area contributed by atoms with Gasteiger partial charge in [0.1, 0.15) is 11.6 Å². The minimum atomic E-state index is -3.64. The highest BCUT2D eigenvalue weighted by Crippen LogP contribution is 2.30.